The maximum absolute atomic E-state index is 13.2. The van der Waals surface area contributed by atoms with E-state index >= 15 is 0 Å². The highest BCUT2D eigenvalue weighted by Gasteiger charge is 2.28. The van der Waals surface area contributed by atoms with Crippen LogP contribution in [0.2, 0.25) is 10.0 Å². The molecule has 0 saturated heterocycles. The van der Waals surface area contributed by atoms with E-state index in [0.29, 0.717) is 34.4 Å². The van der Waals surface area contributed by atoms with E-state index in [0.717, 1.165) is 17.4 Å². The van der Waals surface area contributed by atoms with Crippen molar-refractivity contribution in [2.45, 2.75) is 38.3 Å². The molecule has 1 aliphatic rings. The number of carboxylic acids is 1. The summed E-state index contributed by atoms with van der Waals surface area (Å²) in [5.74, 6) is -0.770. The van der Waals surface area contributed by atoms with Crippen molar-refractivity contribution in [3.63, 3.8) is 0 Å². The lowest BCUT2D eigenvalue weighted by atomic mass is 9.86. The highest BCUT2D eigenvalue weighted by Crippen LogP contribution is 2.27. The summed E-state index contributed by atoms with van der Waals surface area (Å²) in [6.45, 7) is 0.0369. The number of anilines is 1. The summed E-state index contributed by atoms with van der Waals surface area (Å²) in [5, 5.41) is 13.3. The minimum Gasteiger partial charge on any atom is -0.481 e. The molecule has 0 radical (unpaired) electrons. The molecule has 1 aliphatic carbocycles. The van der Waals surface area contributed by atoms with Crippen LogP contribution in [-0.2, 0) is 25.4 Å². The van der Waals surface area contributed by atoms with Crippen LogP contribution in [0, 0.1) is 5.92 Å². The van der Waals surface area contributed by atoms with Gasteiger partial charge in [0.05, 0.1) is 22.5 Å². The number of benzene rings is 1. The molecule has 2 aromatic heterocycles. The Kier molecular flexibility index (Phi) is 6.05. The number of rotatable bonds is 5. The second-order valence-electron chi connectivity index (χ2n) is 8.19. The van der Waals surface area contributed by atoms with Crippen molar-refractivity contribution in [1.29, 1.82) is 0 Å². The summed E-state index contributed by atoms with van der Waals surface area (Å²) in [7, 11) is 3.26. The maximum Gasteiger partial charge on any atom is 0.332 e. The number of hydrogen-bond acceptors (Lipinski definition) is 5. The average molecular weight is 480 g/mol. The number of halogens is 2. The van der Waals surface area contributed by atoms with Crippen molar-refractivity contribution < 1.29 is 9.90 Å². The van der Waals surface area contributed by atoms with E-state index in [1.165, 1.54) is 4.57 Å². The number of nitrogens with one attached hydrogen (secondary N) is 1. The lowest BCUT2D eigenvalue weighted by molar-refractivity contribution is -0.142. The van der Waals surface area contributed by atoms with Gasteiger partial charge in [-0.1, -0.05) is 35.7 Å². The van der Waals surface area contributed by atoms with Gasteiger partial charge in [-0.3, -0.25) is 18.7 Å². The zero-order chi connectivity index (χ0) is 23.2. The van der Waals surface area contributed by atoms with E-state index in [9.17, 15) is 19.5 Å². The van der Waals surface area contributed by atoms with Crippen LogP contribution >= 0.6 is 23.2 Å². The van der Waals surface area contributed by atoms with Crippen LogP contribution < -0.4 is 16.6 Å². The molecule has 32 heavy (non-hydrogen) atoms. The fourth-order valence-corrected chi connectivity index (χ4v) is 4.58. The third-order valence-corrected chi connectivity index (χ3v) is 6.78. The fraction of sp³-hybridized carbons (Fsp3) is 0.429. The van der Waals surface area contributed by atoms with E-state index < -0.39 is 23.1 Å². The number of aromatic nitrogens is 4. The first-order valence-electron chi connectivity index (χ1n) is 10.3. The number of carbonyl (C=O) groups is 1. The Morgan fingerprint density at radius 2 is 1.94 bits per heavy atom. The van der Waals surface area contributed by atoms with Crippen LogP contribution in [0.25, 0.3) is 11.2 Å². The number of imidazole rings is 1. The Balaban J connectivity index is 1.72. The molecular weight excluding hydrogens is 457 g/mol. The Morgan fingerprint density at radius 3 is 2.62 bits per heavy atom. The molecule has 0 aliphatic heterocycles. The van der Waals surface area contributed by atoms with E-state index in [4.69, 9.17) is 23.2 Å². The summed E-state index contributed by atoms with van der Waals surface area (Å²) in [4.78, 5) is 42.0. The van der Waals surface area contributed by atoms with Crippen molar-refractivity contribution in [2.24, 2.45) is 20.0 Å². The van der Waals surface area contributed by atoms with Gasteiger partial charge in [-0.2, -0.15) is 4.98 Å². The molecule has 1 saturated carbocycles. The van der Waals surface area contributed by atoms with Gasteiger partial charge in [-0.15, -0.1) is 0 Å². The van der Waals surface area contributed by atoms with Crippen molar-refractivity contribution in [3.05, 3.63) is 54.6 Å². The number of hydrogen-bond donors (Lipinski definition) is 2. The van der Waals surface area contributed by atoms with Gasteiger partial charge in [0.25, 0.3) is 5.56 Å². The average Bonchev–Trinajstić information content (AvgIpc) is 3.08. The summed E-state index contributed by atoms with van der Waals surface area (Å²) in [6.07, 6.45) is 2.75. The van der Waals surface area contributed by atoms with Crippen molar-refractivity contribution in [3.8, 4) is 0 Å². The van der Waals surface area contributed by atoms with E-state index in [1.54, 1.807) is 36.9 Å². The Hall–Kier alpha value is -2.78. The minimum absolute atomic E-state index is 0.0369. The van der Waals surface area contributed by atoms with E-state index in [2.05, 4.69) is 10.3 Å². The molecule has 2 atom stereocenters. The lowest BCUT2D eigenvalue weighted by Gasteiger charge is -2.27. The normalized spacial score (nSPS) is 18.8. The van der Waals surface area contributed by atoms with Gasteiger partial charge in [-0.05, 0) is 37.0 Å². The molecule has 1 aromatic carbocycles. The highest BCUT2D eigenvalue weighted by molar-refractivity contribution is 6.42. The van der Waals surface area contributed by atoms with Gasteiger partial charge in [0.1, 0.15) is 0 Å². The Bertz CT molecular complexity index is 1330. The molecule has 4 rings (SSSR count). The first kappa shape index (κ1) is 22.4. The number of carboxylic acid groups (broad SMARTS) is 1. The smallest absolute Gasteiger partial charge is 0.332 e. The molecule has 170 valence electrons. The van der Waals surface area contributed by atoms with Gasteiger partial charge in [0.15, 0.2) is 11.2 Å². The molecule has 11 heteroatoms. The Morgan fingerprint density at radius 1 is 1.19 bits per heavy atom. The third kappa shape index (κ3) is 4.02. The monoisotopic (exact) mass is 479 g/mol. The molecule has 2 heterocycles. The number of fused-ring (bicyclic) bond motifs is 1. The zero-order valence-corrected chi connectivity index (χ0v) is 19.2. The minimum atomic E-state index is -0.797. The quantitative estimate of drug-likeness (QED) is 0.581. The second kappa shape index (κ2) is 8.63. The first-order valence-corrected chi connectivity index (χ1v) is 11.0. The van der Waals surface area contributed by atoms with Crippen LogP contribution in [0.3, 0.4) is 0 Å². The van der Waals surface area contributed by atoms with E-state index in [1.807, 2.05) is 0 Å². The topological polar surface area (TPSA) is 111 Å². The molecular formula is C21H23Cl2N5O4. The van der Waals surface area contributed by atoms with Gasteiger partial charge in [0, 0.05) is 20.1 Å². The standard InChI is InChI=1S/C21H23Cl2N5O4/c1-26-16-17(25-20(26)24-13-5-3-4-12(9-13)19(30)31)27(2)21(32)28(18(16)29)10-11-6-7-14(22)15(23)8-11/h6-8,12-13H,3-5,9-10H2,1-2H3,(H,24,25)(H,30,31)/t12-,13-/m1/s1. The molecule has 0 unspecified atom stereocenters. The van der Waals surface area contributed by atoms with Crippen LogP contribution in [0.5, 0.6) is 0 Å². The summed E-state index contributed by atoms with van der Waals surface area (Å²) in [6, 6.07) is 4.88. The van der Waals surface area contributed by atoms with Gasteiger partial charge < -0.3 is 15.0 Å². The van der Waals surface area contributed by atoms with Crippen LogP contribution in [0.4, 0.5) is 5.95 Å². The molecule has 3 aromatic rings. The molecule has 2 N–H and O–H groups in total. The van der Waals surface area contributed by atoms with Gasteiger partial charge in [0.2, 0.25) is 5.95 Å². The fourth-order valence-electron chi connectivity index (χ4n) is 4.26. The summed E-state index contributed by atoms with van der Waals surface area (Å²) < 4.78 is 4.08. The first-order chi connectivity index (χ1) is 15.2. The van der Waals surface area contributed by atoms with E-state index in [-0.39, 0.29) is 23.8 Å². The second-order valence-corrected chi connectivity index (χ2v) is 9.01. The van der Waals surface area contributed by atoms with Crippen molar-refractivity contribution >= 4 is 46.3 Å². The van der Waals surface area contributed by atoms with Gasteiger partial charge >= 0.3 is 11.7 Å². The van der Waals surface area contributed by atoms with Crippen LogP contribution in [0.1, 0.15) is 31.2 Å². The van der Waals surface area contributed by atoms with Crippen molar-refractivity contribution in [2.75, 3.05) is 5.32 Å². The van der Waals surface area contributed by atoms with Crippen molar-refractivity contribution in [1.82, 2.24) is 18.7 Å². The molecule has 0 spiro atoms. The predicted octanol–water partition coefficient (Wildman–Crippen LogP) is 2.84. The predicted molar refractivity (Wildman–Crippen MR) is 123 cm³/mol. The molecule has 9 nitrogen and oxygen atoms in total. The number of aliphatic carboxylic acids is 1. The third-order valence-electron chi connectivity index (χ3n) is 6.04. The summed E-state index contributed by atoms with van der Waals surface area (Å²) in [5.41, 5.74) is 0.243. The SMILES string of the molecule is Cn1c(N[C@@H]2CCC[C@@H](C(=O)O)C2)nc2c1c(=O)n(Cc1ccc(Cl)c(Cl)c1)c(=O)n2C. The van der Waals surface area contributed by atoms with Gasteiger partial charge in [-0.25, -0.2) is 4.79 Å². The number of aryl methyl sites for hydroxylation is 2. The molecule has 0 amide bonds. The molecule has 1 fully saturated rings. The molecule has 0 bridgehead atoms. The Labute approximate surface area is 193 Å². The summed E-state index contributed by atoms with van der Waals surface area (Å²) >= 11 is 12.0. The largest absolute Gasteiger partial charge is 0.481 e. The highest BCUT2D eigenvalue weighted by atomic mass is 35.5. The maximum atomic E-state index is 13.2. The lowest BCUT2D eigenvalue weighted by Crippen LogP contribution is -2.39. The van der Waals surface area contributed by atoms with Crippen LogP contribution in [0.15, 0.2) is 27.8 Å². The number of nitrogens with zero attached hydrogens (tertiary/aromatic N) is 4. The van der Waals surface area contributed by atoms with Crippen LogP contribution in [-0.4, -0.2) is 35.8 Å². The zero-order valence-electron chi connectivity index (χ0n) is 17.6.